The Balaban J connectivity index is 1.40. The number of carbonyl (C=O) groups excluding carboxylic acids is 1. The van der Waals surface area contributed by atoms with Crippen LogP contribution in [0.3, 0.4) is 0 Å². The molecule has 3 aliphatic heterocycles. The molecule has 1 aliphatic carbocycles. The van der Waals surface area contributed by atoms with Gasteiger partial charge in [-0.2, -0.15) is 13.2 Å². The van der Waals surface area contributed by atoms with Gasteiger partial charge in [0, 0.05) is 6.54 Å². The summed E-state index contributed by atoms with van der Waals surface area (Å²) in [7, 11) is 0. The molecular formula is C27H31F3N2O2. The van der Waals surface area contributed by atoms with Gasteiger partial charge >= 0.3 is 12.3 Å². The molecule has 0 saturated carbocycles. The maximum atomic E-state index is 13.2. The summed E-state index contributed by atoms with van der Waals surface area (Å²) < 4.78 is 45.6. The number of benzene rings is 2. The van der Waals surface area contributed by atoms with Crippen molar-refractivity contribution >= 4 is 6.09 Å². The van der Waals surface area contributed by atoms with Crippen LogP contribution in [0.15, 0.2) is 42.5 Å². The molecule has 1 N–H and O–H groups in total. The summed E-state index contributed by atoms with van der Waals surface area (Å²) in [5.41, 5.74) is 2.40. The second-order valence-electron chi connectivity index (χ2n) is 10.6. The average molecular weight is 473 g/mol. The van der Waals surface area contributed by atoms with Crippen LogP contribution in [-0.4, -0.2) is 36.7 Å². The monoisotopic (exact) mass is 472 g/mol. The fourth-order valence-corrected chi connectivity index (χ4v) is 5.77. The molecule has 1 amide bonds. The molecule has 1 unspecified atom stereocenters. The van der Waals surface area contributed by atoms with Crippen LogP contribution in [0, 0.1) is 11.3 Å². The van der Waals surface area contributed by atoms with Gasteiger partial charge in [-0.25, -0.2) is 4.79 Å². The number of rotatable bonds is 3. The lowest BCUT2D eigenvalue weighted by Crippen LogP contribution is -2.53. The van der Waals surface area contributed by atoms with E-state index < -0.39 is 17.8 Å². The zero-order valence-corrected chi connectivity index (χ0v) is 19.6. The van der Waals surface area contributed by atoms with Gasteiger partial charge in [0.2, 0.25) is 0 Å². The first-order chi connectivity index (χ1) is 16.1. The summed E-state index contributed by atoms with van der Waals surface area (Å²) >= 11 is 0. The standard InChI is InChI=1S/C27H31F3N2O2/c1-26(2)11-8-17-6-7-20(19-4-3-5-21(14-19)27(28,29)30)15-22(17)24(26)31-25(33)34-23-16-32-12-9-18(23)10-13-32/h3-7,14-15,18,23-24H,8-13,16H2,1-2H3,(H,31,33)/t23-,24?/m1/s1. The van der Waals surface area contributed by atoms with E-state index in [2.05, 4.69) is 24.1 Å². The van der Waals surface area contributed by atoms with Crippen LogP contribution in [-0.2, 0) is 17.3 Å². The van der Waals surface area contributed by atoms with E-state index in [9.17, 15) is 18.0 Å². The molecule has 0 radical (unpaired) electrons. The number of aryl methyl sites for hydroxylation is 1. The lowest BCUT2D eigenvalue weighted by Gasteiger charge is -2.44. The van der Waals surface area contributed by atoms with Crippen molar-refractivity contribution in [2.45, 2.75) is 57.9 Å². The molecule has 2 aromatic carbocycles. The fourth-order valence-electron chi connectivity index (χ4n) is 5.77. The summed E-state index contributed by atoms with van der Waals surface area (Å²) in [5.74, 6) is 0.426. The third-order valence-electron chi connectivity index (χ3n) is 7.92. The second kappa shape index (κ2) is 8.59. The number of nitrogens with zero attached hydrogens (tertiary/aromatic N) is 1. The molecule has 2 aromatic rings. The molecule has 3 fully saturated rings. The maximum absolute atomic E-state index is 13.2. The van der Waals surface area contributed by atoms with Crippen molar-refractivity contribution in [2.24, 2.45) is 11.3 Å². The first kappa shape index (κ1) is 23.2. The van der Waals surface area contributed by atoms with Crippen molar-refractivity contribution < 1.29 is 22.7 Å². The SMILES string of the molecule is CC1(C)CCc2ccc(-c3cccc(C(F)(F)F)c3)cc2C1NC(=O)O[C@@H]1CN2CCC1CC2. The van der Waals surface area contributed by atoms with Crippen LogP contribution in [0.4, 0.5) is 18.0 Å². The average Bonchev–Trinajstić information content (AvgIpc) is 2.81. The van der Waals surface area contributed by atoms with Gasteiger partial charge in [-0.3, -0.25) is 4.90 Å². The van der Waals surface area contributed by atoms with Gasteiger partial charge < -0.3 is 10.1 Å². The van der Waals surface area contributed by atoms with Crippen LogP contribution < -0.4 is 5.32 Å². The molecule has 3 saturated heterocycles. The van der Waals surface area contributed by atoms with Crippen molar-refractivity contribution in [3.05, 3.63) is 59.2 Å². The molecule has 6 rings (SSSR count). The number of amides is 1. The third-order valence-corrected chi connectivity index (χ3v) is 7.92. The number of alkyl halides is 3. The molecule has 2 atom stereocenters. The van der Waals surface area contributed by atoms with Crippen molar-refractivity contribution in [1.82, 2.24) is 10.2 Å². The largest absolute Gasteiger partial charge is 0.445 e. The molecule has 0 spiro atoms. The zero-order valence-electron chi connectivity index (χ0n) is 19.6. The Hall–Kier alpha value is -2.54. The normalized spacial score (nSPS) is 27.7. The third kappa shape index (κ3) is 4.54. The second-order valence-corrected chi connectivity index (χ2v) is 10.6. The van der Waals surface area contributed by atoms with Crippen molar-refractivity contribution in [1.29, 1.82) is 0 Å². The number of piperidine rings is 3. The smallest absolute Gasteiger partial charge is 0.416 e. The summed E-state index contributed by atoms with van der Waals surface area (Å²) in [6.07, 6.45) is -0.994. The number of nitrogens with one attached hydrogen (secondary N) is 1. The summed E-state index contributed by atoms with van der Waals surface area (Å²) in [6, 6.07) is 10.9. The highest BCUT2D eigenvalue weighted by molar-refractivity contribution is 5.70. The fraction of sp³-hybridized carbons (Fsp3) is 0.519. The minimum Gasteiger partial charge on any atom is -0.445 e. The Bertz CT molecular complexity index is 1070. The highest BCUT2D eigenvalue weighted by Gasteiger charge is 2.40. The van der Waals surface area contributed by atoms with Gasteiger partial charge in [0.15, 0.2) is 0 Å². The van der Waals surface area contributed by atoms with E-state index in [-0.39, 0.29) is 17.6 Å². The van der Waals surface area contributed by atoms with E-state index in [1.807, 2.05) is 18.2 Å². The Morgan fingerprint density at radius 3 is 2.50 bits per heavy atom. The van der Waals surface area contributed by atoms with E-state index in [4.69, 9.17) is 4.74 Å². The van der Waals surface area contributed by atoms with Crippen LogP contribution in [0.2, 0.25) is 0 Å². The number of alkyl carbamates (subject to hydrolysis) is 1. The van der Waals surface area contributed by atoms with E-state index in [0.29, 0.717) is 17.0 Å². The van der Waals surface area contributed by atoms with Crippen LogP contribution in [0.5, 0.6) is 0 Å². The van der Waals surface area contributed by atoms with Gasteiger partial charge in [-0.1, -0.05) is 38.1 Å². The molecule has 2 bridgehead atoms. The molecule has 4 aliphatic rings. The van der Waals surface area contributed by atoms with Crippen molar-refractivity contribution in [3.8, 4) is 11.1 Å². The minimum atomic E-state index is -4.39. The quantitative estimate of drug-likeness (QED) is 0.578. The molecular weight excluding hydrogens is 441 g/mol. The molecule has 34 heavy (non-hydrogen) atoms. The van der Waals surface area contributed by atoms with E-state index in [1.54, 1.807) is 6.07 Å². The number of hydrogen-bond acceptors (Lipinski definition) is 3. The van der Waals surface area contributed by atoms with E-state index in [1.165, 1.54) is 12.1 Å². The van der Waals surface area contributed by atoms with Gasteiger partial charge in [0.1, 0.15) is 6.10 Å². The van der Waals surface area contributed by atoms with E-state index in [0.717, 1.165) is 62.5 Å². The first-order valence-corrected chi connectivity index (χ1v) is 12.1. The highest BCUT2D eigenvalue weighted by Crippen LogP contribution is 2.45. The predicted octanol–water partition coefficient (Wildman–Crippen LogP) is 6.21. The van der Waals surface area contributed by atoms with Crippen LogP contribution in [0.25, 0.3) is 11.1 Å². The first-order valence-electron chi connectivity index (χ1n) is 12.1. The molecule has 3 heterocycles. The van der Waals surface area contributed by atoms with Gasteiger partial charge in [0.25, 0.3) is 0 Å². The van der Waals surface area contributed by atoms with E-state index >= 15 is 0 Å². The minimum absolute atomic E-state index is 0.0786. The maximum Gasteiger partial charge on any atom is 0.416 e. The lowest BCUT2D eigenvalue weighted by atomic mass is 9.70. The highest BCUT2D eigenvalue weighted by atomic mass is 19.4. The Morgan fingerprint density at radius 1 is 1.09 bits per heavy atom. The number of halogens is 3. The number of ether oxygens (including phenoxy) is 1. The molecule has 4 nitrogen and oxygen atoms in total. The van der Waals surface area contributed by atoms with Crippen molar-refractivity contribution in [3.63, 3.8) is 0 Å². The predicted molar refractivity (Wildman–Crippen MR) is 124 cm³/mol. The van der Waals surface area contributed by atoms with Crippen LogP contribution in [0.1, 0.15) is 55.8 Å². The zero-order chi connectivity index (χ0) is 24.1. The van der Waals surface area contributed by atoms with Crippen LogP contribution >= 0.6 is 0 Å². The summed E-state index contributed by atoms with van der Waals surface area (Å²) in [5, 5.41) is 3.13. The lowest BCUT2D eigenvalue weighted by molar-refractivity contribution is -0.137. The number of carbonyl (C=O) groups is 1. The number of fused-ring (bicyclic) bond motifs is 4. The Morgan fingerprint density at radius 2 is 1.82 bits per heavy atom. The van der Waals surface area contributed by atoms with Gasteiger partial charge in [-0.15, -0.1) is 0 Å². The molecule has 182 valence electrons. The Kier molecular flexibility index (Phi) is 5.87. The number of hydrogen-bond donors (Lipinski definition) is 1. The topological polar surface area (TPSA) is 41.6 Å². The summed E-state index contributed by atoms with van der Waals surface area (Å²) in [6.45, 7) is 7.18. The Labute approximate surface area is 198 Å². The van der Waals surface area contributed by atoms with Gasteiger partial charge in [-0.05, 0) is 90.6 Å². The summed E-state index contributed by atoms with van der Waals surface area (Å²) in [4.78, 5) is 15.3. The van der Waals surface area contributed by atoms with Crippen molar-refractivity contribution in [2.75, 3.05) is 19.6 Å². The molecule has 7 heteroatoms. The molecule has 0 aromatic heterocycles. The van der Waals surface area contributed by atoms with Gasteiger partial charge in [0.05, 0.1) is 11.6 Å².